The predicted octanol–water partition coefficient (Wildman–Crippen LogP) is 2.51. The number of benzene rings is 1. The molecular weight excluding hydrogens is 248 g/mol. The normalized spacial score (nSPS) is 26.5. The Hall–Kier alpha value is -1.06. The summed E-state index contributed by atoms with van der Waals surface area (Å²) >= 11 is 0. The van der Waals surface area contributed by atoms with E-state index in [0.29, 0.717) is 6.04 Å². The molecule has 2 heterocycles. The molecule has 2 aliphatic rings. The van der Waals surface area contributed by atoms with Gasteiger partial charge in [-0.2, -0.15) is 0 Å². The number of nitrogens with one attached hydrogen (secondary N) is 1. The molecule has 1 aromatic carbocycles. The summed E-state index contributed by atoms with van der Waals surface area (Å²) in [7, 11) is 0. The van der Waals surface area contributed by atoms with Crippen LogP contribution in [0.3, 0.4) is 0 Å². The number of para-hydroxylation sites is 1. The highest BCUT2D eigenvalue weighted by molar-refractivity contribution is 5.39. The zero-order valence-corrected chi connectivity index (χ0v) is 12.7. The van der Waals surface area contributed by atoms with Gasteiger partial charge in [0.1, 0.15) is 12.4 Å². The van der Waals surface area contributed by atoms with E-state index in [0.717, 1.165) is 24.9 Å². The average molecular weight is 274 g/mol. The molecule has 0 saturated carbocycles. The van der Waals surface area contributed by atoms with Crippen LogP contribution in [0.5, 0.6) is 5.75 Å². The van der Waals surface area contributed by atoms with E-state index >= 15 is 0 Å². The molecule has 0 radical (unpaired) electrons. The number of ether oxygens (including phenoxy) is 1. The summed E-state index contributed by atoms with van der Waals surface area (Å²) in [5, 5.41) is 3.73. The van der Waals surface area contributed by atoms with Crippen molar-refractivity contribution in [2.45, 2.75) is 45.2 Å². The Bertz CT molecular complexity index is 440. The van der Waals surface area contributed by atoms with Crippen LogP contribution in [0.15, 0.2) is 18.2 Å². The number of likely N-dealkylation sites (tertiary alicyclic amines) is 1. The van der Waals surface area contributed by atoms with E-state index in [1.807, 2.05) is 0 Å². The van der Waals surface area contributed by atoms with Crippen molar-refractivity contribution in [1.82, 2.24) is 10.2 Å². The number of hydrogen-bond donors (Lipinski definition) is 1. The summed E-state index contributed by atoms with van der Waals surface area (Å²) in [6, 6.07) is 7.82. The Balaban J connectivity index is 1.50. The Kier molecular flexibility index (Phi) is 4.27. The SMILES string of the molecule is Cc1cccc(C)c1OCCN1CCC2CCC(C1)N2. The standard InChI is InChI=1S/C17H26N2O/c1-13-4-3-5-14(2)17(13)20-11-10-19-9-8-15-6-7-16(12-19)18-15/h3-5,15-16,18H,6-12H2,1-2H3. The van der Waals surface area contributed by atoms with Gasteiger partial charge in [0.15, 0.2) is 0 Å². The molecule has 2 aliphatic heterocycles. The minimum Gasteiger partial charge on any atom is -0.492 e. The van der Waals surface area contributed by atoms with E-state index in [4.69, 9.17) is 4.74 Å². The first-order chi connectivity index (χ1) is 9.72. The lowest BCUT2D eigenvalue weighted by Crippen LogP contribution is -2.37. The second-order valence-electron chi connectivity index (χ2n) is 6.30. The molecule has 0 aromatic heterocycles. The lowest BCUT2D eigenvalue weighted by atomic mass is 10.1. The molecule has 0 aliphatic carbocycles. The van der Waals surface area contributed by atoms with Crippen molar-refractivity contribution in [3.8, 4) is 5.75 Å². The van der Waals surface area contributed by atoms with Crippen molar-refractivity contribution in [2.24, 2.45) is 0 Å². The Labute approximate surface area is 122 Å². The molecule has 2 fully saturated rings. The summed E-state index contributed by atoms with van der Waals surface area (Å²) in [5.74, 6) is 1.07. The van der Waals surface area contributed by atoms with Gasteiger partial charge in [0.2, 0.25) is 0 Å². The fraction of sp³-hybridized carbons (Fsp3) is 0.647. The highest BCUT2D eigenvalue weighted by Crippen LogP contribution is 2.23. The molecule has 2 atom stereocenters. The van der Waals surface area contributed by atoms with Crippen LogP contribution in [0, 0.1) is 13.8 Å². The van der Waals surface area contributed by atoms with Crippen molar-refractivity contribution in [1.29, 1.82) is 0 Å². The molecule has 2 saturated heterocycles. The Morgan fingerprint density at radius 2 is 1.90 bits per heavy atom. The van der Waals surface area contributed by atoms with Crippen molar-refractivity contribution in [2.75, 3.05) is 26.2 Å². The summed E-state index contributed by atoms with van der Waals surface area (Å²) < 4.78 is 6.03. The third-order valence-corrected chi connectivity index (χ3v) is 4.67. The fourth-order valence-electron chi connectivity index (χ4n) is 3.52. The highest BCUT2D eigenvalue weighted by atomic mass is 16.5. The van der Waals surface area contributed by atoms with E-state index in [2.05, 4.69) is 42.3 Å². The van der Waals surface area contributed by atoms with E-state index in [9.17, 15) is 0 Å². The third kappa shape index (κ3) is 3.15. The van der Waals surface area contributed by atoms with Gasteiger partial charge < -0.3 is 10.1 Å². The maximum atomic E-state index is 6.03. The van der Waals surface area contributed by atoms with E-state index < -0.39 is 0 Å². The van der Waals surface area contributed by atoms with Gasteiger partial charge in [0.25, 0.3) is 0 Å². The van der Waals surface area contributed by atoms with Gasteiger partial charge in [-0.05, 0) is 50.8 Å². The Morgan fingerprint density at radius 1 is 1.15 bits per heavy atom. The summed E-state index contributed by atoms with van der Waals surface area (Å²) in [6.07, 6.45) is 4.01. The van der Waals surface area contributed by atoms with Crippen LogP contribution in [0.4, 0.5) is 0 Å². The Morgan fingerprint density at radius 3 is 2.70 bits per heavy atom. The monoisotopic (exact) mass is 274 g/mol. The quantitative estimate of drug-likeness (QED) is 0.913. The smallest absolute Gasteiger partial charge is 0.125 e. The third-order valence-electron chi connectivity index (χ3n) is 4.67. The second-order valence-corrected chi connectivity index (χ2v) is 6.30. The largest absolute Gasteiger partial charge is 0.492 e. The number of aryl methyl sites for hydroxylation is 2. The van der Waals surface area contributed by atoms with Gasteiger partial charge in [-0.15, -0.1) is 0 Å². The minimum absolute atomic E-state index is 0.711. The number of hydrogen-bond acceptors (Lipinski definition) is 3. The first-order valence-electron chi connectivity index (χ1n) is 7.90. The molecule has 3 rings (SSSR count). The summed E-state index contributed by atoms with van der Waals surface area (Å²) in [6.45, 7) is 8.48. The van der Waals surface area contributed by atoms with Gasteiger partial charge in [-0.1, -0.05) is 18.2 Å². The zero-order valence-electron chi connectivity index (χ0n) is 12.7. The molecule has 1 N–H and O–H groups in total. The van der Waals surface area contributed by atoms with Crippen LogP contribution in [-0.2, 0) is 0 Å². The number of fused-ring (bicyclic) bond motifs is 2. The van der Waals surface area contributed by atoms with Crippen LogP contribution in [-0.4, -0.2) is 43.2 Å². The molecule has 3 nitrogen and oxygen atoms in total. The lowest BCUT2D eigenvalue weighted by Gasteiger charge is -2.24. The molecule has 20 heavy (non-hydrogen) atoms. The zero-order chi connectivity index (χ0) is 13.9. The minimum atomic E-state index is 0.711. The van der Waals surface area contributed by atoms with Crippen molar-refractivity contribution in [3.63, 3.8) is 0 Å². The van der Waals surface area contributed by atoms with Gasteiger partial charge in [0.05, 0.1) is 0 Å². The number of nitrogens with zero attached hydrogens (tertiary/aromatic N) is 1. The van der Waals surface area contributed by atoms with E-state index in [1.54, 1.807) is 0 Å². The summed E-state index contributed by atoms with van der Waals surface area (Å²) in [5.41, 5.74) is 2.48. The molecule has 110 valence electrons. The molecule has 2 unspecified atom stereocenters. The molecule has 0 amide bonds. The number of rotatable bonds is 4. The van der Waals surface area contributed by atoms with Crippen molar-refractivity contribution >= 4 is 0 Å². The van der Waals surface area contributed by atoms with Crippen LogP contribution in [0.25, 0.3) is 0 Å². The molecule has 1 aromatic rings. The highest BCUT2D eigenvalue weighted by Gasteiger charge is 2.28. The van der Waals surface area contributed by atoms with Crippen molar-refractivity contribution in [3.05, 3.63) is 29.3 Å². The average Bonchev–Trinajstić information content (AvgIpc) is 2.75. The van der Waals surface area contributed by atoms with E-state index in [-0.39, 0.29) is 0 Å². The first-order valence-corrected chi connectivity index (χ1v) is 7.90. The van der Waals surface area contributed by atoms with Crippen LogP contribution in [0.2, 0.25) is 0 Å². The first kappa shape index (κ1) is 13.9. The van der Waals surface area contributed by atoms with Crippen LogP contribution >= 0.6 is 0 Å². The van der Waals surface area contributed by atoms with Gasteiger partial charge >= 0.3 is 0 Å². The van der Waals surface area contributed by atoms with Crippen LogP contribution in [0.1, 0.15) is 30.4 Å². The second kappa shape index (κ2) is 6.15. The van der Waals surface area contributed by atoms with Crippen LogP contribution < -0.4 is 10.1 Å². The molecule has 3 heteroatoms. The van der Waals surface area contributed by atoms with E-state index in [1.165, 1.54) is 43.5 Å². The van der Waals surface area contributed by atoms with Gasteiger partial charge in [-0.3, -0.25) is 4.90 Å². The maximum Gasteiger partial charge on any atom is 0.125 e. The molecular formula is C17H26N2O. The topological polar surface area (TPSA) is 24.5 Å². The van der Waals surface area contributed by atoms with Gasteiger partial charge in [-0.25, -0.2) is 0 Å². The fourth-order valence-corrected chi connectivity index (χ4v) is 3.52. The predicted molar refractivity (Wildman–Crippen MR) is 82.4 cm³/mol. The lowest BCUT2D eigenvalue weighted by molar-refractivity contribution is 0.200. The summed E-state index contributed by atoms with van der Waals surface area (Å²) in [4.78, 5) is 2.56. The maximum absolute atomic E-state index is 6.03. The van der Waals surface area contributed by atoms with Crippen molar-refractivity contribution < 1.29 is 4.74 Å². The van der Waals surface area contributed by atoms with Gasteiger partial charge in [0, 0.05) is 25.2 Å². The molecule has 2 bridgehead atoms. The molecule has 0 spiro atoms.